The molecule has 1 aromatic carbocycles. The quantitative estimate of drug-likeness (QED) is 0.748. The maximum atomic E-state index is 13.9. The van der Waals surface area contributed by atoms with E-state index >= 15 is 0 Å². The first-order valence-electron chi connectivity index (χ1n) is 7.14. The highest BCUT2D eigenvalue weighted by atomic mass is 32.2. The molecule has 0 aliphatic heterocycles. The number of halogens is 5. The Morgan fingerprint density at radius 2 is 1.75 bits per heavy atom. The first-order chi connectivity index (χ1) is 10.9. The highest BCUT2D eigenvalue weighted by molar-refractivity contribution is 7.85. The summed E-state index contributed by atoms with van der Waals surface area (Å²) in [6, 6.07) is 1.11. The second-order valence-electron chi connectivity index (χ2n) is 5.22. The normalized spacial score (nSPS) is 15.2. The van der Waals surface area contributed by atoms with E-state index in [2.05, 4.69) is 0 Å². The van der Waals surface area contributed by atoms with Crippen LogP contribution in [0.2, 0.25) is 0 Å². The monoisotopic (exact) mass is 372 g/mol. The molecule has 1 rings (SSSR count). The van der Waals surface area contributed by atoms with Crippen molar-refractivity contribution in [1.82, 2.24) is 0 Å². The molecule has 0 fully saturated rings. The molecule has 1 N–H and O–H groups in total. The van der Waals surface area contributed by atoms with E-state index in [1.807, 2.05) is 0 Å². The van der Waals surface area contributed by atoms with Crippen LogP contribution < -0.4 is 0 Å². The van der Waals surface area contributed by atoms with E-state index in [1.54, 1.807) is 6.92 Å². The van der Waals surface area contributed by atoms with E-state index in [1.165, 1.54) is 13.8 Å². The van der Waals surface area contributed by atoms with E-state index in [9.17, 15) is 31.0 Å². The van der Waals surface area contributed by atoms with Gasteiger partial charge in [-0.05, 0) is 24.5 Å². The van der Waals surface area contributed by atoms with Gasteiger partial charge in [-0.1, -0.05) is 26.8 Å². The van der Waals surface area contributed by atoms with E-state index < -0.39 is 50.1 Å². The third kappa shape index (κ3) is 3.60. The molecule has 0 saturated carbocycles. The number of hydrogen-bond donors (Lipinski definition) is 1. The van der Waals surface area contributed by atoms with E-state index in [4.69, 9.17) is 5.11 Å². The molecule has 24 heavy (non-hydrogen) atoms. The van der Waals surface area contributed by atoms with Crippen molar-refractivity contribution in [3.05, 3.63) is 28.8 Å². The standard InChI is InChI=1S/C15H17F5O3S/c1-4-8(3)24(23)12-9(5-2)10(13(21)22)6-7-11(12)14(16,17)15(18,19)20/h6-8H,4-5H2,1-3H3,(H,21,22)/t8-,24+/m1/s1. The molecule has 0 aliphatic rings. The molecule has 0 radical (unpaired) electrons. The molecular weight excluding hydrogens is 355 g/mol. The third-order valence-corrected chi connectivity index (χ3v) is 5.61. The summed E-state index contributed by atoms with van der Waals surface area (Å²) < 4.78 is 78.7. The third-order valence-electron chi connectivity index (χ3n) is 3.68. The summed E-state index contributed by atoms with van der Waals surface area (Å²) in [7, 11) is -2.20. The van der Waals surface area contributed by atoms with Crippen LogP contribution in [0.5, 0.6) is 0 Å². The van der Waals surface area contributed by atoms with Crippen LogP contribution in [-0.4, -0.2) is 26.7 Å². The molecule has 9 heteroatoms. The number of benzene rings is 1. The first kappa shape index (κ1) is 20.5. The van der Waals surface area contributed by atoms with Gasteiger partial charge in [0.25, 0.3) is 0 Å². The fourth-order valence-corrected chi connectivity index (χ4v) is 3.78. The van der Waals surface area contributed by atoms with Crippen molar-refractivity contribution in [3.63, 3.8) is 0 Å². The topological polar surface area (TPSA) is 54.4 Å². The molecule has 0 heterocycles. The molecule has 0 spiro atoms. The summed E-state index contributed by atoms with van der Waals surface area (Å²) in [5.74, 6) is -6.71. The largest absolute Gasteiger partial charge is 0.478 e. The Morgan fingerprint density at radius 3 is 2.12 bits per heavy atom. The SMILES string of the molecule is CCc1c(C(=O)O)ccc(C(F)(F)C(F)(F)F)c1[S@@](=O)[C@H](C)CC. The maximum absolute atomic E-state index is 13.9. The number of carbonyl (C=O) groups is 1. The number of aromatic carboxylic acids is 1. The second kappa shape index (κ2) is 7.16. The molecule has 0 bridgehead atoms. The van der Waals surface area contributed by atoms with Gasteiger partial charge in [0.05, 0.1) is 21.3 Å². The molecular formula is C15H17F5O3S. The predicted octanol–water partition coefficient (Wildman–Crippen LogP) is 4.51. The number of carboxylic acids is 1. The predicted molar refractivity (Wildman–Crippen MR) is 78.9 cm³/mol. The van der Waals surface area contributed by atoms with Crippen LogP contribution in [0.15, 0.2) is 17.0 Å². The van der Waals surface area contributed by atoms with Crippen LogP contribution in [0.3, 0.4) is 0 Å². The molecule has 136 valence electrons. The lowest BCUT2D eigenvalue weighted by Gasteiger charge is -2.25. The van der Waals surface area contributed by atoms with Gasteiger partial charge in [-0.3, -0.25) is 4.21 Å². The van der Waals surface area contributed by atoms with Crippen LogP contribution in [0.25, 0.3) is 0 Å². The van der Waals surface area contributed by atoms with Crippen molar-refractivity contribution in [3.8, 4) is 0 Å². The van der Waals surface area contributed by atoms with Crippen molar-refractivity contribution >= 4 is 16.8 Å². The van der Waals surface area contributed by atoms with Gasteiger partial charge in [0.1, 0.15) is 0 Å². The summed E-state index contributed by atoms with van der Waals surface area (Å²) in [5.41, 5.74) is -2.14. The van der Waals surface area contributed by atoms with Crippen molar-refractivity contribution in [2.24, 2.45) is 0 Å². The van der Waals surface area contributed by atoms with Gasteiger partial charge >= 0.3 is 18.1 Å². The Hall–Kier alpha value is -1.51. The van der Waals surface area contributed by atoms with Gasteiger partial charge in [0, 0.05) is 10.8 Å². The average Bonchev–Trinajstić information content (AvgIpc) is 2.50. The molecule has 0 unspecified atom stereocenters. The smallest absolute Gasteiger partial charge is 0.458 e. The van der Waals surface area contributed by atoms with Gasteiger partial charge in [-0.15, -0.1) is 0 Å². The zero-order valence-electron chi connectivity index (χ0n) is 13.2. The average molecular weight is 372 g/mol. The molecule has 1 aromatic rings. The summed E-state index contributed by atoms with van der Waals surface area (Å²) in [6.07, 6.45) is -5.75. The maximum Gasteiger partial charge on any atom is 0.458 e. The summed E-state index contributed by atoms with van der Waals surface area (Å²) >= 11 is 0. The fraction of sp³-hybridized carbons (Fsp3) is 0.533. The van der Waals surface area contributed by atoms with Crippen molar-refractivity contribution in [2.45, 2.75) is 55.9 Å². The van der Waals surface area contributed by atoms with Gasteiger partial charge in [0.2, 0.25) is 0 Å². The second-order valence-corrected chi connectivity index (χ2v) is 7.02. The number of rotatable bonds is 6. The molecule has 0 amide bonds. The summed E-state index contributed by atoms with van der Waals surface area (Å²) in [6.45, 7) is 4.46. The zero-order valence-corrected chi connectivity index (χ0v) is 14.0. The number of carboxylic acid groups (broad SMARTS) is 1. The molecule has 2 atom stereocenters. The van der Waals surface area contributed by atoms with E-state index in [0.29, 0.717) is 12.1 Å². The van der Waals surface area contributed by atoms with Crippen molar-refractivity contribution < 1.29 is 36.1 Å². The highest BCUT2D eigenvalue weighted by Gasteiger charge is 2.60. The lowest BCUT2D eigenvalue weighted by atomic mass is 9.98. The van der Waals surface area contributed by atoms with Gasteiger partial charge in [0.15, 0.2) is 0 Å². The lowest BCUT2D eigenvalue weighted by molar-refractivity contribution is -0.290. The lowest BCUT2D eigenvalue weighted by Crippen LogP contribution is -2.35. The van der Waals surface area contributed by atoms with Crippen LogP contribution >= 0.6 is 0 Å². The van der Waals surface area contributed by atoms with E-state index in [0.717, 1.165) is 0 Å². The molecule has 0 aliphatic carbocycles. The Labute approximate surface area is 138 Å². The van der Waals surface area contributed by atoms with E-state index in [-0.39, 0.29) is 18.4 Å². The van der Waals surface area contributed by atoms with Crippen molar-refractivity contribution in [1.29, 1.82) is 0 Å². The highest BCUT2D eigenvalue weighted by Crippen LogP contribution is 2.47. The van der Waals surface area contributed by atoms with Gasteiger partial charge < -0.3 is 5.11 Å². The van der Waals surface area contributed by atoms with Crippen LogP contribution in [0.1, 0.15) is 48.7 Å². The zero-order chi connectivity index (χ0) is 18.9. The van der Waals surface area contributed by atoms with Crippen LogP contribution in [-0.2, 0) is 23.1 Å². The van der Waals surface area contributed by atoms with Crippen molar-refractivity contribution in [2.75, 3.05) is 0 Å². The summed E-state index contributed by atoms with van der Waals surface area (Å²) in [4.78, 5) is 10.5. The fourth-order valence-electron chi connectivity index (χ4n) is 2.16. The number of hydrogen-bond acceptors (Lipinski definition) is 2. The molecule has 0 aromatic heterocycles. The van der Waals surface area contributed by atoms with Crippen LogP contribution in [0.4, 0.5) is 22.0 Å². The van der Waals surface area contributed by atoms with Gasteiger partial charge in [-0.2, -0.15) is 22.0 Å². The summed E-state index contributed by atoms with van der Waals surface area (Å²) in [5, 5.41) is 8.44. The molecule has 0 saturated heterocycles. The van der Waals surface area contributed by atoms with Gasteiger partial charge in [-0.25, -0.2) is 4.79 Å². The number of alkyl halides is 5. The first-order valence-corrected chi connectivity index (χ1v) is 8.36. The minimum Gasteiger partial charge on any atom is -0.478 e. The molecule has 3 nitrogen and oxygen atoms in total. The Kier molecular flexibility index (Phi) is 6.13. The Balaban J connectivity index is 3.85. The minimum absolute atomic E-state index is 0.138. The minimum atomic E-state index is -5.88. The Bertz CT molecular complexity index is 655. The Morgan fingerprint density at radius 1 is 1.21 bits per heavy atom. The van der Waals surface area contributed by atoms with Crippen LogP contribution in [0, 0.1) is 0 Å².